The van der Waals surface area contributed by atoms with Gasteiger partial charge in [-0.25, -0.2) is 4.98 Å². The highest BCUT2D eigenvalue weighted by Crippen LogP contribution is 2.27. The Morgan fingerprint density at radius 3 is 3.20 bits per heavy atom. The van der Waals surface area contributed by atoms with Crippen molar-refractivity contribution in [3.63, 3.8) is 0 Å². The van der Waals surface area contributed by atoms with Gasteiger partial charge in [0.1, 0.15) is 0 Å². The molecular formula is C8H5N5OS. The van der Waals surface area contributed by atoms with Gasteiger partial charge in [-0.1, -0.05) is 0 Å². The van der Waals surface area contributed by atoms with E-state index in [1.54, 1.807) is 17.0 Å². The standard InChI is InChI=1S/C8H5N5OS/c14-8-7(5-3-15-4-9-5)12-11-6-1-2-10-13(6)8/h1-4,7H. The molecule has 2 aromatic rings. The van der Waals surface area contributed by atoms with Gasteiger partial charge in [-0.05, 0) is 0 Å². The molecule has 0 fully saturated rings. The quantitative estimate of drug-likeness (QED) is 0.734. The fourth-order valence-corrected chi connectivity index (χ4v) is 1.94. The van der Waals surface area contributed by atoms with E-state index in [4.69, 9.17) is 0 Å². The molecule has 15 heavy (non-hydrogen) atoms. The molecule has 1 atom stereocenters. The summed E-state index contributed by atoms with van der Waals surface area (Å²) in [5.41, 5.74) is 2.28. The average Bonchev–Trinajstić information content (AvgIpc) is 2.87. The minimum absolute atomic E-state index is 0.212. The minimum atomic E-state index is -0.649. The summed E-state index contributed by atoms with van der Waals surface area (Å²) in [4.78, 5) is 15.9. The number of rotatable bonds is 1. The summed E-state index contributed by atoms with van der Waals surface area (Å²) in [6.07, 6.45) is 1.52. The highest BCUT2D eigenvalue weighted by Gasteiger charge is 2.29. The van der Waals surface area contributed by atoms with Gasteiger partial charge in [0.25, 0.3) is 5.91 Å². The lowest BCUT2D eigenvalue weighted by atomic mass is 10.2. The van der Waals surface area contributed by atoms with Crippen molar-refractivity contribution < 1.29 is 4.79 Å². The number of hydrogen-bond donors (Lipinski definition) is 0. The summed E-state index contributed by atoms with van der Waals surface area (Å²) in [6.45, 7) is 0. The second kappa shape index (κ2) is 3.06. The average molecular weight is 219 g/mol. The Morgan fingerprint density at radius 2 is 2.40 bits per heavy atom. The van der Waals surface area contributed by atoms with Crippen molar-refractivity contribution in [2.75, 3.05) is 0 Å². The molecule has 1 aliphatic rings. The number of azo groups is 1. The SMILES string of the molecule is O=C1C(c2cscn2)N=Nc2ccnn21. The molecule has 74 valence electrons. The molecule has 0 aliphatic carbocycles. The normalized spacial score (nSPS) is 19.2. The highest BCUT2D eigenvalue weighted by molar-refractivity contribution is 7.07. The first-order valence-electron chi connectivity index (χ1n) is 4.23. The largest absolute Gasteiger partial charge is 0.281 e. The second-order valence-corrected chi connectivity index (χ2v) is 3.69. The lowest BCUT2D eigenvalue weighted by Crippen LogP contribution is -2.22. The lowest BCUT2D eigenvalue weighted by Gasteiger charge is -2.12. The molecule has 0 N–H and O–H groups in total. The van der Waals surface area contributed by atoms with E-state index in [1.807, 2.05) is 0 Å². The van der Waals surface area contributed by atoms with Crippen molar-refractivity contribution in [1.29, 1.82) is 0 Å². The number of aromatic nitrogens is 3. The summed E-state index contributed by atoms with van der Waals surface area (Å²) in [5.74, 6) is 0.252. The Hall–Kier alpha value is -1.89. The maximum Gasteiger partial charge on any atom is 0.281 e. The number of carbonyl (C=O) groups is 1. The van der Waals surface area contributed by atoms with Crippen molar-refractivity contribution in [3.05, 3.63) is 28.8 Å². The predicted molar refractivity (Wildman–Crippen MR) is 52.2 cm³/mol. The fraction of sp³-hybridized carbons (Fsp3) is 0.125. The van der Waals surface area contributed by atoms with Crippen molar-refractivity contribution >= 4 is 23.1 Å². The van der Waals surface area contributed by atoms with Gasteiger partial charge < -0.3 is 0 Å². The zero-order valence-corrected chi connectivity index (χ0v) is 8.26. The van der Waals surface area contributed by atoms with Crippen LogP contribution in [0.5, 0.6) is 0 Å². The predicted octanol–water partition coefficient (Wildman–Crippen LogP) is 1.82. The molecule has 3 rings (SSSR count). The van der Waals surface area contributed by atoms with Crippen LogP contribution in [0.25, 0.3) is 0 Å². The van der Waals surface area contributed by atoms with Crippen molar-refractivity contribution in [3.8, 4) is 0 Å². The smallest absolute Gasteiger partial charge is 0.269 e. The van der Waals surface area contributed by atoms with Crippen molar-refractivity contribution in [1.82, 2.24) is 14.8 Å². The van der Waals surface area contributed by atoms with Gasteiger partial charge >= 0.3 is 0 Å². The van der Waals surface area contributed by atoms with Crippen LogP contribution in [-0.2, 0) is 0 Å². The first kappa shape index (κ1) is 8.42. The van der Waals surface area contributed by atoms with Gasteiger partial charge in [0.15, 0.2) is 11.9 Å². The molecule has 3 heterocycles. The molecule has 6 nitrogen and oxygen atoms in total. The van der Waals surface area contributed by atoms with Gasteiger partial charge in [0.05, 0.1) is 17.4 Å². The molecule has 0 radical (unpaired) electrons. The van der Waals surface area contributed by atoms with Gasteiger partial charge in [-0.3, -0.25) is 4.79 Å². The maximum absolute atomic E-state index is 11.9. The summed E-state index contributed by atoms with van der Waals surface area (Å²) < 4.78 is 1.25. The summed E-state index contributed by atoms with van der Waals surface area (Å²) >= 11 is 1.42. The van der Waals surface area contributed by atoms with E-state index in [2.05, 4.69) is 20.3 Å². The van der Waals surface area contributed by atoms with Crippen LogP contribution >= 0.6 is 11.3 Å². The van der Waals surface area contributed by atoms with E-state index in [1.165, 1.54) is 22.2 Å². The van der Waals surface area contributed by atoms with E-state index in [0.717, 1.165) is 0 Å². The zero-order valence-electron chi connectivity index (χ0n) is 7.44. The van der Waals surface area contributed by atoms with E-state index in [9.17, 15) is 4.79 Å². The molecule has 0 bridgehead atoms. The minimum Gasteiger partial charge on any atom is -0.269 e. The monoisotopic (exact) mass is 219 g/mol. The first-order valence-corrected chi connectivity index (χ1v) is 5.18. The number of nitrogens with zero attached hydrogens (tertiary/aromatic N) is 5. The molecule has 0 saturated heterocycles. The van der Waals surface area contributed by atoms with Crippen LogP contribution in [0.3, 0.4) is 0 Å². The first-order chi connectivity index (χ1) is 7.36. The molecular weight excluding hydrogens is 214 g/mol. The van der Waals surface area contributed by atoms with Gasteiger partial charge in [-0.15, -0.1) is 16.5 Å². The second-order valence-electron chi connectivity index (χ2n) is 2.97. The third kappa shape index (κ3) is 1.20. The number of hydrogen-bond acceptors (Lipinski definition) is 6. The van der Waals surface area contributed by atoms with Crippen LogP contribution in [0.2, 0.25) is 0 Å². The van der Waals surface area contributed by atoms with E-state index in [0.29, 0.717) is 11.5 Å². The molecule has 7 heteroatoms. The topological polar surface area (TPSA) is 72.5 Å². The van der Waals surface area contributed by atoms with Crippen LogP contribution in [0.1, 0.15) is 16.5 Å². The Morgan fingerprint density at radius 1 is 1.47 bits per heavy atom. The third-order valence-corrected chi connectivity index (χ3v) is 2.68. The van der Waals surface area contributed by atoms with E-state index >= 15 is 0 Å². The Balaban J connectivity index is 2.07. The fourth-order valence-electron chi connectivity index (χ4n) is 1.37. The number of fused-ring (bicyclic) bond motifs is 1. The number of thiazole rings is 1. The van der Waals surface area contributed by atoms with Crippen molar-refractivity contribution in [2.24, 2.45) is 10.2 Å². The van der Waals surface area contributed by atoms with E-state index < -0.39 is 6.04 Å². The Labute approximate surface area is 88.3 Å². The molecule has 0 aromatic carbocycles. The molecule has 1 unspecified atom stereocenters. The van der Waals surface area contributed by atoms with Crippen molar-refractivity contribution in [2.45, 2.75) is 6.04 Å². The summed E-state index contributed by atoms with van der Waals surface area (Å²) in [7, 11) is 0. The van der Waals surface area contributed by atoms with Gasteiger partial charge in [-0.2, -0.15) is 14.9 Å². The zero-order chi connectivity index (χ0) is 10.3. The molecule has 1 aliphatic heterocycles. The highest BCUT2D eigenvalue weighted by atomic mass is 32.1. The van der Waals surface area contributed by atoms with Gasteiger partial charge in [0, 0.05) is 11.4 Å². The summed E-state index contributed by atoms with van der Waals surface area (Å²) in [6, 6.07) is 0.988. The maximum atomic E-state index is 11.9. The van der Waals surface area contributed by atoms with Crippen LogP contribution < -0.4 is 0 Å². The van der Waals surface area contributed by atoms with Crippen LogP contribution in [0.15, 0.2) is 33.4 Å². The van der Waals surface area contributed by atoms with Crippen LogP contribution in [0.4, 0.5) is 5.82 Å². The van der Waals surface area contributed by atoms with E-state index in [-0.39, 0.29) is 5.91 Å². The molecule has 2 aromatic heterocycles. The van der Waals surface area contributed by atoms with Crippen LogP contribution in [-0.4, -0.2) is 20.7 Å². The van der Waals surface area contributed by atoms with Gasteiger partial charge in [0.2, 0.25) is 0 Å². The Kier molecular flexibility index (Phi) is 1.72. The van der Waals surface area contributed by atoms with Crippen LogP contribution in [0, 0.1) is 0 Å². The lowest BCUT2D eigenvalue weighted by molar-refractivity contribution is 0.0853. The summed E-state index contributed by atoms with van der Waals surface area (Å²) in [5, 5.41) is 13.5. The number of carbonyl (C=O) groups excluding carboxylic acids is 1. The molecule has 0 spiro atoms. The molecule has 0 amide bonds. The molecule has 0 saturated carbocycles. The third-order valence-electron chi connectivity index (χ3n) is 2.07. The Bertz CT molecular complexity index is 529.